The Bertz CT molecular complexity index is 395. The zero-order valence-electron chi connectivity index (χ0n) is 11.6. The molecule has 1 heterocycles. The van der Waals surface area contributed by atoms with E-state index in [4.69, 9.17) is 0 Å². The maximum absolute atomic E-state index is 13.3. The first-order chi connectivity index (χ1) is 9.03. The summed E-state index contributed by atoms with van der Waals surface area (Å²) in [6.07, 6.45) is 3.85. The highest BCUT2D eigenvalue weighted by Gasteiger charge is 2.38. The zero-order valence-corrected chi connectivity index (χ0v) is 11.6. The second kappa shape index (κ2) is 5.94. The fourth-order valence-corrected chi connectivity index (χ4v) is 2.79. The number of rotatable bonds is 5. The van der Waals surface area contributed by atoms with Gasteiger partial charge >= 0.3 is 0 Å². The Balaban J connectivity index is 2.08. The van der Waals surface area contributed by atoms with Gasteiger partial charge in [-0.05, 0) is 31.7 Å². The molecule has 1 atom stereocenters. The van der Waals surface area contributed by atoms with Gasteiger partial charge < -0.3 is 5.32 Å². The zero-order chi connectivity index (χ0) is 13.9. The van der Waals surface area contributed by atoms with Crippen molar-refractivity contribution in [1.29, 1.82) is 0 Å². The predicted molar refractivity (Wildman–Crippen MR) is 68.9 cm³/mol. The maximum Gasteiger partial charge on any atom is 0.248 e. The summed E-state index contributed by atoms with van der Waals surface area (Å²) in [4.78, 5) is 0. The summed E-state index contributed by atoms with van der Waals surface area (Å²) in [5, 5.41) is 11.3. The molecule has 1 aromatic heterocycles. The van der Waals surface area contributed by atoms with E-state index in [0.29, 0.717) is 12.8 Å². The van der Waals surface area contributed by atoms with Gasteiger partial charge in [-0.3, -0.25) is 4.68 Å². The van der Waals surface area contributed by atoms with E-state index >= 15 is 0 Å². The number of hydrogen-bond donors (Lipinski definition) is 1. The third-order valence-corrected chi connectivity index (χ3v) is 3.92. The summed E-state index contributed by atoms with van der Waals surface area (Å²) < 4.78 is 28.3. The molecular weight excluding hydrogens is 250 g/mol. The first-order valence-electron chi connectivity index (χ1n) is 6.99. The number of aromatic nitrogens is 3. The van der Waals surface area contributed by atoms with E-state index in [1.165, 1.54) is 0 Å². The van der Waals surface area contributed by atoms with E-state index < -0.39 is 5.92 Å². The quantitative estimate of drug-likeness (QED) is 0.896. The van der Waals surface area contributed by atoms with E-state index in [2.05, 4.69) is 22.6 Å². The molecule has 108 valence electrons. The lowest BCUT2D eigenvalue weighted by Gasteiger charge is -2.34. The molecule has 0 amide bonds. The average Bonchev–Trinajstić information content (AvgIpc) is 2.78. The molecule has 0 bridgehead atoms. The lowest BCUT2D eigenvalue weighted by Crippen LogP contribution is -2.35. The normalized spacial score (nSPS) is 21.5. The van der Waals surface area contributed by atoms with Crippen LogP contribution in [0.4, 0.5) is 8.78 Å². The summed E-state index contributed by atoms with van der Waals surface area (Å²) >= 11 is 0. The van der Waals surface area contributed by atoms with Crippen molar-refractivity contribution in [2.75, 3.05) is 6.54 Å². The Hall–Kier alpha value is -1.04. The van der Waals surface area contributed by atoms with Crippen LogP contribution in [0.1, 0.15) is 50.8 Å². The molecular formula is C13H22F2N4. The molecule has 0 radical (unpaired) electrons. The van der Waals surface area contributed by atoms with E-state index in [9.17, 15) is 8.78 Å². The average molecular weight is 272 g/mol. The fourth-order valence-electron chi connectivity index (χ4n) is 2.79. The molecule has 6 heteroatoms. The number of nitrogens with zero attached hydrogens (tertiary/aromatic N) is 3. The van der Waals surface area contributed by atoms with Gasteiger partial charge in [-0.1, -0.05) is 12.1 Å². The monoisotopic (exact) mass is 272 g/mol. The molecule has 19 heavy (non-hydrogen) atoms. The summed E-state index contributed by atoms with van der Waals surface area (Å²) in [6, 6.07) is 0.0797. The van der Waals surface area contributed by atoms with Crippen molar-refractivity contribution in [1.82, 2.24) is 20.3 Å². The first-order valence-corrected chi connectivity index (χ1v) is 6.99. The highest BCUT2D eigenvalue weighted by atomic mass is 19.3. The minimum atomic E-state index is -2.48. The van der Waals surface area contributed by atoms with Crippen LogP contribution >= 0.6 is 0 Å². The van der Waals surface area contributed by atoms with E-state index in [1.54, 1.807) is 10.9 Å². The van der Waals surface area contributed by atoms with Gasteiger partial charge in [-0.15, -0.1) is 5.10 Å². The van der Waals surface area contributed by atoms with Crippen LogP contribution in [0.15, 0.2) is 6.20 Å². The van der Waals surface area contributed by atoms with Crippen molar-refractivity contribution in [2.45, 2.75) is 51.0 Å². The van der Waals surface area contributed by atoms with Gasteiger partial charge in [0.1, 0.15) is 0 Å². The number of hydrogen-bond acceptors (Lipinski definition) is 3. The molecule has 1 N–H and O–H groups in total. The molecule has 1 aliphatic carbocycles. The van der Waals surface area contributed by atoms with Gasteiger partial charge in [-0.25, -0.2) is 8.78 Å². The lowest BCUT2D eigenvalue weighted by atomic mass is 9.81. The molecule has 0 aliphatic heterocycles. The number of aryl methyl sites for hydroxylation is 1. The minimum Gasteiger partial charge on any atom is -0.308 e. The predicted octanol–water partition coefficient (Wildman–Crippen LogP) is 2.68. The van der Waals surface area contributed by atoms with Gasteiger partial charge in [0.25, 0.3) is 0 Å². The molecule has 1 unspecified atom stereocenters. The van der Waals surface area contributed by atoms with E-state index in [1.807, 2.05) is 7.05 Å². The van der Waals surface area contributed by atoms with Crippen LogP contribution in [-0.4, -0.2) is 27.5 Å². The molecule has 0 aromatic carbocycles. The summed E-state index contributed by atoms with van der Waals surface area (Å²) in [5.41, 5.74) is 0.990. The Morgan fingerprint density at radius 3 is 2.68 bits per heavy atom. The largest absolute Gasteiger partial charge is 0.308 e. The van der Waals surface area contributed by atoms with Crippen molar-refractivity contribution in [2.24, 2.45) is 13.0 Å². The molecule has 2 rings (SSSR count). The summed E-state index contributed by atoms with van der Waals surface area (Å²) in [6.45, 7) is 2.98. The summed E-state index contributed by atoms with van der Waals surface area (Å²) in [5.74, 6) is -2.24. The number of halogens is 2. The van der Waals surface area contributed by atoms with Crippen molar-refractivity contribution in [3.8, 4) is 0 Å². The Labute approximate surface area is 112 Å². The highest BCUT2D eigenvalue weighted by Crippen LogP contribution is 2.41. The van der Waals surface area contributed by atoms with Gasteiger partial charge in [0.15, 0.2) is 0 Å². The highest BCUT2D eigenvalue weighted by molar-refractivity contribution is 5.05. The van der Waals surface area contributed by atoms with Crippen LogP contribution in [0, 0.1) is 5.92 Å². The van der Waals surface area contributed by atoms with Crippen LogP contribution in [0.2, 0.25) is 0 Å². The van der Waals surface area contributed by atoms with Crippen LogP contribution in [0.25, 0.3) is 0 Å². The van der Waals surface area contributed by atoms with E-state index in [-0.39, 0.29) is 24.8 Å². The second-order valence-corrected chi connectivity index (χ2v) is 5.41. The molecule has 0 spiro atoms. The third-order valence-electron chi connectivity index (χ3n) is 3.92. The molecule has 0 saturated heterocycles. The van der Waals surface area contributed by atoms with Crippen molar-refractivity contribution >= 4 is 0 Å². The third kappa shape index (κ3) is 3.49. The standard InChI is InChI=1S/C13H22F2N4/c1-3-8-16-12(11-9-17-18-19(11)2)10-4-6-13(14,15)7-5-10/h9-10,12,16H,3-8H2,1-2H3. The smallest absolute Gasteiger partial charge is 0.248 e. The maximum atomic E-state index is 13.3. The molecule has 1 aromatic rings. The van der Waals surface area contributed by atoms with Gasteiger partial charge in [0.2, 0.25) is 5.92 Å². The van der Waals surface area contributed by atoms with Crippen LogP contribution in [0.5, 0.6) is 0 Å². The molecule has 1 fully saturated rings. The Kier molecular flexibility index (Phi) is 4.50. The SMILES string of the molecule is CCCNC(c1cnnn1C)C1CCC(F)(F)CC1. The molecule has 1 aliphatic rings. The van der Waals surface area contributed by atoms with Crippen LogP contribution in [0.3, 0.4) is 0 Å². The van der Waals surface area contributed by atoms with Crippen LogP contribution in [-0.2, 0) is 7.05 Å². The molecule has 1 saturated carbocycles. The topological polar surface area (TPSA) is 42.7 Å². The molecule has 4 nitrogen and oxygen atoms in total. The first kappa shape index (κ1) is 14.4. The van der Waals surface area contributed by atoms with Crippen molar-refractivity contribution in [3.63, 3.8) is 0 Å². The number of alkyl halides is 2. The van der Waals surface area contributed by atoms with Gasteiger partial charge in [-0.2, -0.15) is 0 Å². The van der Waals surface area contributed by atoms with Gasteiger partial charge in [0, 0.05) is 19.9 Å². The Morgan fingerprint density at radius 2 is 2.16 bits per heavy atom. The summed E-state index contributed by atoms with van der Waals surface area (Å²) in [7, 11) is 1.85. The van der Waals surface area contributed by atoms with Gasteiger partial charge in [0.05, 0.1) is 17.9 Å². The second-order valence-electron chi connectivity index (χ2n) is 5.41. The van der Waals surface area contributed by atoms with E-state index in [0.717, 1.165) is 18.7 Å². The lowest BCUT2D eigenvalue weighted by molar-refractivity contribution is -0.0500. The number of nitrogens with one attached hydrogen (secondary N) is 1. The van der Waals surface area contributed by atoms with Crippen molar-refractivity contribution < 1.29 is 8.78 Å². The Morgan fingerprint density at radius 1 is 1.47 bits per heavy atom. The van der Waals surface area contributed by atoms with Crippen molar-refractivity contribution in [3.05, 3.63) is 11.9 Å². The minimum absolute atomic E-state index is 0.00669. The fraction of sp³-hybridized carbons (Fsp3) is 0.846. The van der Waals surface area contributed by atoms with Crippen LogP contribution < -0.4 is 5.32 Å².